The topological polar surface area (TPSA) is 86.2 Å². The van der Waals surface area contributed by atoms with E-state index in [2.05, 4.69) is 10.5 Å². The summed E-state index contributed by atoms with van der Waals surface area (Å²) in [5.41, 5.74) is 4.78. The van der Waals surface area contributed by atoms with Gasteiger partial charge in [-0.05, 0) is 83.4 Å². The van der Waals surface area contributed by atoms with Gasteiger partial charge in [-0.15, -0.1) is 0 Å². The molecule has 0 heterocycles. The second-order valence-electron chi connectivity index (χ2n) is 9.23. The van der Waals surface area contributed by atoms with Crippen molar-refractivity contribution in [3.63, 3.8) is 0 Å². The van der Waals surface area contributed by atoms with Crippen molar-refractivity contribution in [1.29, 1.82) is 0 Å². The Morgan fingerprint density at radius 1 is 0.756 bits per heavy atom. The highest BCUT2D eigenvalue weighted by Gasteiger charge is 2.14. The Labute approximate surface area is 238 Å². The van der Waals surface area contributed by atoms with Crippen molar-refractivity contribution in [2.45, 2.75) is 19.6 Å². The van der Waals surface area contributed by atoms with Crippen LogP contribution in [0.1, 0.15) is 28.4 Å². The largest absolute Gasteiger partial charge is 0.489 e. The summed E-state index contributed by atoms with van der Waals surface area (Å²) in [7, 11) is 0. The molecule has 0 saturated carbocycles. The van der Waals surface area contributed by atoms with Crippen LogP contribution in [0.3, 0.4) is 0 Å². The van der Waals surface area contributed by atoms with Gasteiger partial charge in [-0.3, -0.25) is 4.79 Å². The third kappa shape index (κ3) is 7.36. The fourth-order valence-electron chi connectivity index (χ4n) is 4.06. The molecule has 7 nitrogen and oxygen atoms in total. The molecule has 0 saturated heterocycles. The number of ether oxygens (including phenoxy) is 3. The van der Waals surface area contributed by atoms with Gasteiger partial charge in [0.25, 0.3) is 5.91 Å². The third-order valence-electron chi connectivity index (χ3n) is 6.24. The lowest BCUT2D eigenvalue weighted by Crippen LogP contribution is -2.33. The summed E-state index contributed by atoms with van der Waals surface area (Å²) in [5.74, 6) is 0.822. The molecule has 1 amide bonds. The molecule has 1 N–H and O–H groups in total. The zero-order valence-electron chi connectivity index (χ0n) is 22.4. The van der Waals surface area contributed by atoms with Crippen molar-refractivity contribution in [3.8, 4) is 17.2 Å². The van der Waals surface area contributed by atoms with Crippen LogP contribution in [0, 0.1) is 0 Å². The first-order chi connectivity index (χ1) is 20.0. The van der Waals surface area contributed by atoms with Crippen LogP contribution in [-0.2, 0) is 11.4 Å². The van der Waals surface area contributed by atoms with E-state index in [1.807, 2.05) is 66.7 Å². The van der Waals surface area contributed by atoms with Gasteiger partial charge in [-0.1, -0.05) is 66.7 Å². The van der Waals surface area contributed by atoms with Gasteiger partial charge in [0.05, 0.1) is 11.8 Å². The maximum Gasteiger partial charge on any atom is 0.344 e. The summed E-state index contributed by atoms with van der Waals surface area (Å²) in [6.45, 7) is 2.11. The van der Waals surface area contributed by atoms with Crippen LogP contribution >= 0.6 is 0 Å². The van der Waals surface area contributed by atoms with Crippen molar-refractivity contribution in [3.05, 3.63) is 138 Å². The molecule has 0 radical (unpaired) electrons. The van der Waals surface area contributed by atoms with Crippen LogP contribution in [0.2, 0.25) is 0 Å². The second kappa shape index (κ2) is 13.1. The SMILES string of the molecule is C[C@@H](Oc1ccc(OCc2ccccc2)cc1)C(=O)N/N=C\c1ccc(OC(=O)c2cccc3ccccc23)cc1. The molecule has 0 unspecified atom stereocenters. The molecule has 5 aromatic rings. The van der Waals surface area contributed by atoms with Crippen molar-refractivity contribution in [2.75, 3.05) is 0 Å². The molecule has 5 rings (SSSR count). The predicted molar refractivity (Wildman–Crippen MR) is 158 cm³/mol. The lowest BCUT2D eigenvalue weighted by atomic mass is 10.0. The van der Waals surface area contributed by atoms with Crippen LogP contribution < -0.4 is 19.6 Å². The van der Waals surface area contributed by atoms with Gasteiger partial charge < -0.3 is 14.2 Å². The first-order valence-corrected chi connectivity index (χ1v) is 13.1. The average Bonchev–Trinajstić information content (AvgIpc) is 3.01. The number of fused-ring (bicyclic) bond motifs is 1. The number of rotatable bonds is 10. The Morgan fingerprint density at radius 2 is 1.41 bits per heavy atom. The fourth-order valence-corrected chi connectivity index (χ4v) is 4.06. The first-order valence-electron chi connectivity index (χ1n) is 13.1. The molecule has 0 aliphatic rings. The van der Waals surface area contributed by atoms with E-state index in [4.69, 9.17) is 14.2 Å². The minimum atomic E-state index is -0.765. The quantitative estimate of drug-likeness (QED) is 0.0932. The Hall–Kier alpha value is -5.43. The molecule has 0 bridgehead atoms. The van der Waals surface area contributed by atoms with Crippen LogP contribution in [0.5, 0.6) is 17.2 Å². The normalized spacial score (nSPS) is 11.6. The van der Waals surface area contributed by atoms with E-state index in [9.17, 15) is 9.59 Å². The summed E-state index contributed by atoms with van der Waals surface area (Å²) in [4.78, 5) is 25.2. The van der Waals surface area contributed by atoms with E-state index in [-0.39, 0.29) is 0 Å². The molecular weight excluding hydrogens is 516 g/mol. The second-order valence-corrected chi connectivity index (χ2v) is 9.23. The standard InChI is InChI=1S/C34H28N2O5/c1-24(40-29-20-18-28(19-21-29)39-23-26-8-3-2-4-9-26)33(37)36-35-22-25-14-16-30(17-15-25)41-34(38)32-13-7-11-27-10-5-6-12-31(27)32/h2-22,24H,23H2,1H3,(H,36,37)/b35-22-/t24-/m1/s1. The summed E-state index contributed by atoms with van der Waals surface area (Å²) >= 11 is 0. The highest BCUT2D eigenvalue weighted by Crippen LogP contribution is 2.22. The highest BCUT2D eigenvalue weighted by molar-refractivity contribution is 6.05. The smallest absolute Gasteiger partial charge is 0.344 e. The highest BCUT2D eigenvalue weighted by atomic mass is 16.5. The Bertz CT molecular complexity index is 1640. The number of benzene rings is 5. The van der Waals surface area contributed by atoms with Crippen molar-refractivity contribution >= 4 is 28.9 Å². The molecule has 0 aliphatic heterocycles. The summed E-state index contributed by atoms with van der Waals surface area (Å²) in [6.07, 6.45) is 0.735. The summed E-state index contributed by atoms with van der Waals surface area (Å²) in [5, 5.41) is 5.82. The van der Waals surface area contributed by atoms with Gasteiger partial charge in [0, 0.05) is 0 Å². The third-order valence-corrected chi connectivity index (χ3v) is 6.24. The Kier molecular flexibility index (Phi) is 8.66. The van der Waals surface area contributed by atoms with Gasteiger partial charge in [-0.2, -0.15) is 5.10 Å². The van der Waals surface area contributed by atoms with E-state index in [1.54, 1.807) is 61.5 Å². The number of carbonyl (C=O) groups is 2. The summed E-state index contributed by atoms with van der Waals surface area (Å²) < 4.78 is 17.1. The van der Waals surface area contributed by atoms with Gasteiger partial charge in [0.1, 0.15) is 23.9 Å². The molecule has 0 fully saturated rings. The molecule has 0 spiro atoms. The Morgan fingerprint density at radius 3 is 2.20 bits per heavy atom. The monoisotopic (exact) mass is 544 g/mol. The number of nitrogens with zero attached hydrogens (tertiary/aromatic N) is 1. The first kappa shape index (κ1) is 27.1. The minimum Gasteiger partial charge on any atom is -0.489 e. The van der Waals surface area contributed by atoms with Crippen LogP contribution in [-0.4, -0.2) is 24.2 Å². The van der Waals surface area contributed by atoms with Crippen molar-refractivity contribution < 1.29 is 23.8 Å². The average molecular weight is 545 g/mol. The fraction of sp³-hybridized carbons (Fsp3) is 0.0882. The maximum atomic E-state index is 12.7. The van der Waals surface area contributed by atoms with E-state index in [1.165, 1.54) is 6.21 Å². The number of carbonyl (C=O) groups excluding carboxylic acids is 2. The molecule has 7 heteroatoms. The van der Waals surface area contributed by atoms with Crippen molar-refractivity contribution in [2.24, 2.45) is 5.10 Å². The van der Waals surface area contributed by atoms with E-state index < -0.39 is 18.0 Å². The molecule has 204 valence electrons. The zero-order valence-corrected chi connectivity index (χ0v) is 22.4. The maximum absolute atomic E-state index is 12.7. The molecular formula is C34H28N2O5. The predicted octanol–water partition coefficient (Wildman–Crippen LogP) is 6.56. The molecule has 1 atom stereocenters. The number of nitrogens with one attached hydrogen (secondary N) is 1. The van der Waals surface area contributed by atoms with Gasteiger partial charge >= 0.3 is 5.97 Å². The number of amides is 1. The Balaban J connectivity index is 1.08. The summed E-state index contributed by atoms with van der Waals surface area (Å²) in [6, 6.07) is 37.0. The van der Waals surface area contributed by atoms with Gasteiger partial charge in [0.2, 0.25) is 0 Å². The minimum absolute atomic E-state index is 0.397. The lowest BCUT2D eigenvalue weighted by molar-refractivity contribution is -0.127. The van der Waals surface area contributed by atoms with E-state index >= 15 is 0 Å². The molecule has 5 aromatic carbocycles. The number of esters is 1. The number of hydrazone groups is 1. The number of hydrogen-bond acceptors (Lipinski definition) is 6. The van der Waals surface area contributed by atoms with Crippen LogP contribution in [0.25, 0.3) is 10.8 Å². The van der Waals surface area contributed by atoms with Crippen LogP contribution in [0.15, 0.2) is 126 Å². The van der Waals surface area contributed by atoms with Crippen molar-refractivity contribution in [1.82, 2.24) is 5.43 Å². The zero-order chi connectivity index (χ0) is 28.4. The van der Waals surface area contributed by atoms with Gasteiger partial charge in [0.15, 0.2) is 6.10 Å². The van der Waals surface area contributed by atoms with Crippen LogP contribution in [0.4, 0.5) is 0 Å². The molecule has 41 heavy (non-hydrogen) atoms. The van der Waals surface area contributed by atoms with E-state index in [0.717, 1.165) is 21.9 Å². The van der Waals surface area contributed by atoms with Gasteiger partial charge in [-0.25, -0.2) is 10.2 Å². The lowest BCUT2D eigenvalue weighted by Gasteiger charge is -2.13. The molecule has 0 aromatic heterocycles. The molecule has 0 aliphatic carbocycles. The number of hydrogen-bond donors (Lipinski definition) is 1. The van der Waals surface area contributed by atoms with E-state index in [0.29, 0.717) is 29.4 Å².